The highest BCUT2D eigenvalue weighted by molar-refractivity contribution is 7.12. The Balaban J connectivity index is 1.70. The number of benzene rings is 1. The number of piperidine rings is 1. The van der Waals surface area contributed by atoms with Crippen LogP contribution >= 0.6 is 11.3 Å². The Labute approximate surface area is 140 Å². The van der Waals surface area contributed by atoms with Gasteiger partial charge >= 0.3 is 0 Å². The Morgan fingerprint density at radius 1 is 1.26 bits per heavy atom. The third kappa shape index (κ3) is 2.93. The first-order valence-electron chi connectivity index (χ1n) is 8.47. The minimum atomic E-state index is -0.186. The average molecular weight is 331 g/mol. The summed E-state index contributed by atoms with van der Waals surface area (Å²) in [6.45, 7) is 2.08. The first kappa shape index (κ1) is 15.2. The van der Waals surface area contributed by atoms with Crippen molar-refractivity contribution < 1.29 is 4.39 Å². The molecule has 1 aliphatic carbocycles. The number of fused-ring (bicyclic) bond motifs is 3. The van der Waals surface area contributed by atoms with E-state index in [0.29, 0.717) is 5.92 Å². The molecule has 3 N–H and O–H groups in total. The molecule has 0 amide bonds. The Kier molecular flexibility index (Phi) is 4.18. The molecule has 3 nitrogen and oxygen atoms in total. The maximum Gasteiger partial charge on any atom is 0.123 e. The number of rotatable bonds is 2. The normalized spacial score (nSPS) is 19.7. The molecular weight excluding hydrogens is 309 g/mol. The number of nitrogens with one attached hydrogen (secondary N) is 1. The van der Waals surface area contributed by atoms with Gasteiger partial charge in [0.05, 0.1) is 11.7 Å². The number of aryl methyl sites for hydroxylation is 2. The number of thiazole rings is 1. The number of nitrogens with two attached hydrogens (primary N) is 1. The van der Waals surface area contributed by atoms with Crippen molar-refractivity contribution in [3.63, 3.8) is 0 Å². The van der Waals surface area contributed by atoms with Gasteiger partial charge in [-0.1, -0.05) is 6.07 Å². The molecule has 0 spiro atoms. The Morgan fingerprint density at radius 3 is 2.91 bits per heavy atom. The maximum absolute atomic E-state index is 13.7. The molecule has 2 aliphatic rings. The van der Waals surface area contributed by atoms with Crippen LogP contribution in [0.25, 0.3) is 11.3 Å². The molecule has 0 radical (unpaired) electrons. The fourth-order valence-corrected chi connectivity index (χ4v) is 4.94. The standard InChI is InChI=1S/C18H22FN3S/c19-13-5-4-11-2-1-3-15-17(14(11)10-13)22-18(23-15)16(20)12-6-8-21-9-7-12/h4-5,10,12,16,21H,1-3,6-9,20H2. The highest BCUT2D eigenvalue weighted by Crippen LogP contribution is 2.39. The summed E-state index contributed by atoms with van der Waals surface area (Å²) in [6, 6.07) is 5.11. The molecule has 23 heavy (non-hydrogen) atoms. The van der Waals surface area contributed by atoms with Crippen molar-refractivity contribution in [2.75, 3.05) is 13.1 Å². The topological polar surface area (TPSA) is 50.9 Å². The largest absolute Gasteiger partial charge is 0.322 e. The van der Waals surface area contributed by atoms with E-state index in [-0.39, 0.29) is 11.9 Å². The van der Waals surface area contributed by atoms with E-state index < -0.39 is 0 Å². The van der Waals surface area contributed by atoms with Crippen LogP contribution in [-0.4, -0.2) is 18.1 Å². The first-order chi connectivity index (χ1) is 11.2. The zero-order chi connectivity index (χ0) is 15.8. The minimum Gasteiger partial charge on any atom is -0.322 e. The number of nitrogens with zero attached hydrogens (tertiary/aromatic N) is 1. The Bertz CT molecular complexity index is 706. The molecule has 2 heterocycles. The lowest BCUT2D eigenvalue weighted by molar-refractivity contribution is 0.321. The molecular formula is C18H22FN3S. The van der Waals surface area contributed by atoms with Crippen molar-refractivity contribution >= 4 is 11.3 Å². The molecule has 122 valence electrons. The van der Waals surface area contributed by atoms with Crippen LogP contribution in [0.5, 0.6) is 0 Å². The van der Waals surface area contributed by atoms with E-state index in [2.05, 4.69) is 5.32 Å². The van der Waals surface area contributed by atoms with Gasteiger partial charge in [-0.2, -0.15) is 0 Å². The van der Waals surface area contributed by atoms with Crippen LogP contribution in [0.2, 0.25) is 0 Å². The van der Waals surface area contributed by atoms with E-state index in [4.69, 9.17) is 10.7 Å². The number of aromatic nitrogens is 1. The molecule has 2 aromatic rings. The second kappa shape index (κ2) is 6.30. The van der Waals surface area contributed by atoms with Gasteiger partial charge in [0.1, 0.15) is 10.8 Å². The Morgan fingerprint density at radius 2 is 2.09 bits per heavy atom. The molecule has 0 bridgehead atoms. The first-order valence-corrected chi connectivity index (χ1v) is 9.29. The van der Waals surface area contributed by atoms with Crippen molar-refractivity contribution in [1.29, 1.82) is 0 Å². The number of halogens is 1. The summed E-state index contributed by atoms with van der Waals surface area (Å²) in [5.41, 5.74) is 9.67. The van der Waals surface area contributed by atoms with Crippen molar-refractivity contribution in [1.82, 2.24) is 10.3 Å². The van der Waals surface area contributed by atoms with E-state index in [1.165, 1.54) is 10.4 Å². The monoisotopic (exact) mass is 331 g/mol. The molecule has 1 saturated heterocycles. The van der Waals surface area contributed by atoms with Crippen molar-refractivity contribution in [3.05, 3.63) is 39.5 Å². The van der Waals surface area contributed by atoms with E-state index in [1.54, 1.807) is 23.5 Å². The van der Waals surface area contributed by atoms with Crippen LogP contribution in [0.3, 0.4) is 0 Å². The fraction of sp³-hybridized carbons (Fsp3) is 0.500. The van der Waals surface area contributed by atoms with E-state index in [1.807, 2.05) is 6.07 Å². The molecule has 1 aromatic heterocycles. The van der Waals surface area contributed by atoms with E-state index >= 15 is 0 Å². The lowest BCUT2D eigenvalue weighted by Crippen LogP contribution is -2.33. The highest BCUT2D eigenvalue weighted by Gasteiger charge is 2.27. The lowest BCUT2D eigenvalue weighted by Gasteiger charge is -2.26. The average Bonchev–Trinajstić information content (AvgIpc) is 2.93. The van der Waals surface area contributed by atoms with Gasteiger partial charge in [-0.15, -0.1) is 11.3 Å². The summed E-state index contributed by atoms with van der Waals surface area (Å²) in [7, 11) is 0. The number of hydrogen-bond acceptors (Lipinski definition) is 4. The summed E-state index contributed by atoms with van der Waals surface area (Å²) < 4.78 is 13.7. The second-order valence-electron chi connectivity index (χ2n) is 6.59. The van der Waals surface area contributed by atoms with Gasteiger partial charge in [0.25, 0.3) is 0 Å². The zero-order valence-corrected chi connectivity index (χ0v) is 14.0. The molecule has 1 fully saturated rings. The van der Waals surface area contributed by atoms with Crippen molar-refractivity contribution in [2.24, 2.45) is 11.7 Å². The van der Waals surface area contributed by atoms with Crippen LogP contribution < -0.4 is 11.1 Å². The van der Waals surface area contributed by atoms with Crippen LogP contribution in [-0.2, 0) is 12.8 Å². The van der Waals surface area contributed by atoms with Gasteiger partial charge in [-0.25, -0.2) is 9.37 Å². The molecule has 4 rings (SSSR count). The van der Waals surface area contributed by atoms with E-state index in [9.17, 15) is 4.39 Å². The summed E-state index contributed by atoms with van der Waals surface area (Å²) in [5, 5.41) is 4.41. The lowest BCUT2D eigenvalue weighted by atomic mass is 9.91. The zero-order valence-electron chi connectivity index (χ0n) is 13.1. The molecule has 1 atom stereocenters. The van der Waals surface area contributed by atoms with Crippen LogP contribution in [0.1, 0.15) is 40.8 Å². The molecule has 1 aliphatic heterocycles. The van der Waals surface area contributed by atoms with Gasteiger partial charge in [-0.3, -0.25) is 0 Å². The summed E-state index contributed by atoms with van der Waals surface area (Å²) in [4.78, 5) is 6.15. The minimum absolute atomic E-state index is 0.00559. The third-order valence-corrected chi connectivity index (χ3v) is 6.28. The SMILES string of the molecule is NC(c1nc2c(s1)CCCc1ccc(F)cc1-2)C1CCNCC1. The molecule has 0 saturated carbocycles. The van der Waals surface area contributed by atoms with Gasteiger partial charge in [0, 0.05) is 10.4 Å². The van der Waals surface area contributed by atoms with Gasteiger partial charge in [0.2, 0.25) is 0 Å². The van der Waals surface area contributed by atoms with Gasteiger partial charge in [-0.05, 0) is 68.8 Å². The summed E-state index contributed by atoms with van der Waals surface area (Å²) in [6.07, 6.45) is 5.32. The third-order valence-electron chi connectivity index (χ3n) is 5.07. The fourth-order valence-electron chi connectivity index (χ4n) is 3.72. The Hall–Kier alpha value is -1.30. The van der Waals surface area contributed by atoms with E-state index in [0.717, 1.165) is 61.5 Å². The predicted molar refractivity (Wildman–Crippen MR) is 92.1 cm³/mol. The smallest absolute Gasteiger partial charge is 0.123 e. The molecule has 1 aromatic carbocycles. The van der Waals surface area contributed by atoms with Crippen LogP contribution in [0.4, 0.5) is 4.39 Å². The quantitative estimate of drug-likeness (QED) is 0.886. The van der Waals surface area contributed by atoms with Gasteiger partial charge in [0.15, 0.2) is 0 Å². The van der Waals surface area contributed by atoms with Crippen LogP contribution in [0, 0.1) is 11.7 Å². The van der Waals surface area contributed by atoms with Gasteiger partial charge < -0.3 is 11.1 Å². The highest BCUT2D eigenvalue weighted by atomic mass is 32.1. The van der Waals surface area contributed by atoms with Crippen molar-refractivity contribution in [2.45, 2.75) is 38.1 Å². The number of hydrogen-bond donors (Lipinski definition) is 2. The summed E-state index contributed by atoms with van der Waals surface area (Å²) in [5.74, 6) is 0.312. The second-order valence-corrected chi connectivity index (χ2v) is 7.71. The van der Waals surface area contributed by atoms with Crippen molar-refractivity contribution in [3.8, 4) is 11.3 Å². The molecule has 1 unspecified atom stereocenters. The predicted octanol–water partition coefficient (Wildman–Crippen LogP) is 3.44. The maximum atomic E-state index is 13.7. The summed E-state index contributed by atoms with van der Waals surface area (Å²) >= 11 is 1.74. The van der Waals surface area contributed by atoms with Crippen LogP contribution in [0.15, 0.2) is 18.2 Å². The molecule has 5 heteroatoms.